The molecule has 2 amide bonds. The molecule has 5 nitrogen and oxygen atoms in total. The van der Waals surface area contributed by atoms with E-state index in [4.69, 9.17) is 11.6 Å². The summed E-state index contributed by atoms with van der Waals surface area (Å²) in [4.78, 5) is 26.4. The molecule has 0 unspecified atom stereocenters. The van der Waals surface area contributed by atoms with Crippen molar-refractivity contribution in [2.24, 2.45) is 0 Å². The number of nitrogens with zero attached hydrogens (tertiary/aromatic N) is 1. The van der Waals surface area contributed by atoms with Crippen molar-refractivity contribution in [1.29, 1.82) is 0 Å². The molecule has 1 atom stereocenters. The molecule has 1 heterocycles. The Morgan fingerprint density at radius 3 is 2.65 bits per heavy atom. The Morgan fingerprint density at radius 1 is 1.31 bits per heavy atom. The van der Waals surface area contributed by atoms with E-state index in [1.165, 1.54) is 17.0 Å². The molecular formula is C19H18ClFN2O3. The molecule has 7 heteroatoms. The minimum Gasteiger partial charge on any atom is -0.372 e. The van der Waals surface area contributed by atoms with Crippen molar-refractivity contribution in [3.63, 3.8) is 0 Å². The number of carbonyl (C=O) groups excluding carboxylic acids is 2. The van der Waals surface area contributed by atoms with Crippen LogP contribution in [0.2, 0.25) is 5.02 Å². The first kappa shape index (κ1) is 18.4. The van der Waals surface area contributed by atoms with Crippen LogP contribution in [0.3, 0.4) is 0 Å². The zero-order valence-electron chi connectivity index (χ0n) is 14.1. The summed E-state index contributed by atoms with van der Waals surface area (Å²) in [6, 6.07) is 11.1. The summed E-state index contributed by atoms with van der Waals surface area (Å²) in [6.45, 7) is 2.12. The van der Waals surface area contributed by atoms with Gasteiger partial charge < -0.3 is 15.3 Å². The fourth-order valence-corrected chi connectivity index (χ4v) is 3.17. The smallest absolute Gasteiger partial charge is 0.268 e. The second kappa shape index (κ2) is 7.05. The van der Waals surface area contributed by atoms with E-state index in [-0.39, 0.29) is 24.5 Å². The van der Waals surface area contributed by atoms with Gasteiger partial charge in [0.1, 0.15) is 5.82 Å². The Morgan fingerprint density at radius 2 is 2.00 bits per heavy atom. The summed E-state index contributed by atoms with van der Waals surface area (Å²) >= 11 is 5.78. The summed E-state index contributed by atoms with van der Waals surface area (Å²) in [5.74, 6) is -2.00. The molecule has 0 spiro atoms. The zero-order chi connectivity index (χ0) is 18.9. The maximum Gasteiger partial charge on any atom is 0.268 e. The average Bonchev–Trinajstić information content (AvgIpc) is 2.89. The van der Waals surface area contributed by atoms with Crippen LogP contribution < -0.4 is 10.2 Å². The van der Waals surface area contributed by atoms with Gasteiger partial charge in [0.05, 0.1) is 0 Å². The van der Waals surface area contributed by atoms with Crippen molar-refractivity contribution in [3.05, 3.63) is 64.4 Å². The van der Waals surface area contributed by atoms with Crippen molar-refractivity contribution in [1.82, 2.24) is 5.32 Å². The number of aryl methyl sites for hydroxylation is 1. The number of benzene rings is 2. The van der Waals surface area contributed by atoms with Crippen LogP contribution in [0.1, 0.15) is 17.5 Å². The lowest BCUT2D eigenvalue weighted by Crippen LogP contribution is -2.52. The molecular weight excluding hydrogens is 359 g/mol. The van der Waals surface area contributed by atoms with Crippen LogP contribution in [0.4, 0.5) is 10.1 Å². The SMILES string of the molecule is Cc1ccc(N2CC[C@@](O)(C(=O)NCc3cc(F)cc(Cl)c3)C2=O)cc1. The van der Waals surface area contributed by atoms with E-state index in [0.29, 0.717) is 11.3 Å². The first-order valence-corrected chi connectivity index (χ1v) is 8.52. The molecule has 1 fully saturated rings. The highest BCUT2D eigenvalue weighted by Crippen LogP contribution is 2.29. The van der Waals surface area contributed by atoms with Gasteiger partial charge in [-0.25, -0.2) is 4.39 Å². The van der Waals surface area contributed by atoms with Gasteiger partial charge in [0.25, 0.3) is 11.8 Å². The maximum atomic E-state index is 13.4. The van der Waals surface area contributed by atoms with Crippen LogP contribution in [-0.2, 0) is 16.1 Å². The molecule has 0 radical (unpaired) electrons. The topological polar surface area (TPSA) is 69.6 Å². The third-order valence-electron chi connectivity index (χ3n) is 4.39. The minimum atomic E-state index is -2.14. The molecule has 0 aromatic heterocycles. The highest BCUT2D eigenvalue weighted by molar-refractivity contribution is 6.30. The van der Waals surface area contributed by atoms with Gasteiger partial charge in [0.2, 0.25) is 5.60 Å². The number of aliphatic hydroxyl groups is 1. The van der Waals surface area contributed by atoms with E-state index < -0.39 is 23.2 Å². The standard InChI is InChI=1S/C19H18ClFN2O3/c1-12-2-4-16(5-3-12)23-7-6-19(26,18(23)25)17(24)22-11-13-8-14(20)10-15(21)9-13/h2-5,8-10,26H,6-7,11H2,1H3,(H,22,24)/t19-/m1/s1. The molecule has 1 aliphatic rings. The summed E-state index contributed by atoms with van der Waals surface area (Å²) in [6.07, 6.45) is -0.0184. The molecule has 1 saturated heterocycles. The Hall–Kier alpha value is -2.44. The van der Waals surface area contributed by atoms with Crippen LogP contribution in [-0.4, -0.2) is 29.1 Å². The van der Waals surface area contributed by atoms with E-state index in [9.17, 15) is 19.1 Å². The maximum absolute atomic E-state index is 13.4. The first-order chi connectivity index (χ1) is 12.3. The highest BCUT2D eigenvalue weighted by Gasteiger charge is 2.51. The van der Waals surface area contributed by atoms with Gasteiger partial charge in [-0.2, -0.15) is 0 Å². The molecule has 1 aliphatic heterocycles. The lowest BCUT2D eigenvalue weighted by molar-refractivity contribution is -0.149. The highest BCUT2D eigenvalue weighted by atomic mass is 35.5. The number of hydrogen-bond acceptors (Lipinski definition) is 3. The van der Waals surface area contributed by atoms with Gasteiger partial charge in [-0.05, 0) is 42.8 Å². The second-order valence-electron chi connectivity index (χ2n) is 6.36. The van der Waals surface area contributed by atoms with Gasteiger partial charge >= 0.3 is 0 Å². The van der Waals surface area contributed by atoms with Gasteiger partial charge in [-0.15, -0.1) is 0 Å². The number of hydrogen-bond donors (Lipinski definition) is 2. The Bertz CT molecular complexity index is 836. The van der Waals surface area contributed by atoms with Crippen molar-refractivity contribution in [2.45, 2.75) is 25.5 Å². The van der Waals surface area contributed by atoms with Gasteiger partial charge in [-0.1, -0.05) is 29.3 Å². The number of rotatable bonds is 4. The first-order valence-electron chi connectivity index (χ1n) is 8.14. The molecule has 0 aliphatic carbocycles. The van der Waals surface area contributed by atoms with Crippen LogP contribution in [0.5, 0.6) is 0 Å². The molecule has 2 aromatic rings. The van der Waals surface area contributed by atoms with Crippen molar-refractivity contribution in [3.8, 4) is 0 Å². The largest absolute Gasteiger partial charge is 0.372 e. The second-order valence-corrected chi connectivity index (χ2v) is 6.80. The predicted molar refractivity (Wildman–Crippen MR) is 96.4 cm³/mol. The van der Waals surface area contributed by atoms with E-state index in [0.717, 1.165) is 11.6 Å². The monoisotopic (exact) mass is 376 g/mol. The summed E-state index contributed by atoms with van der Waals surface area (Å²) < 4.78 is 13.4. The average molecular weight is 377 g/mol. The number of amides is 2. The minimum absolute atomic E-state index is 0.0184. The van der Waals surface area contributed by atoms with Crippen molar-refractivity contribution < 1.29 is 19.1 Å². The molecule has 136 valence electrons. The molecule has 2 aromatic carbocycles. The predicted octanol–water partition coefficient (Wildman–Crippen LogP) is 2.57. The molecule has 0 bridgehead atoms. The summed E-state index contributed by atoms with van der Waals surface area (Å²) in [5.41, 5.74) is -0.0293. The normalized spacial score (nSPS) is 19.7. The van der Waals surface area contributed by atoms with E-state index >= 15 is 0 Å². The number of carbonyl (C=O) groups is 2. The van der Waals surface area contributed by atoms with Gasteiger partial charge in [-0.3, -0.25) is 9.59 Å². The number of anilines is 1. The van der Waals surface area contributed by atoms with Crippen LogP contribution in [0, 0.1) is 12.7 Å². The van der Waals surface area contributed by atoms with E-state index in [2.05, 4.69) is 5.32 Å². The summed E-state index contributed by atoms with van der Waals surface area (Å²) in [5, 5.41) is 13.3. The molecule has 0 saturated carbocycles. The lowest BCUT2D eigenvalue weighted by atomic mass is 10.0. The fraction of sp³-hybridized carbons (Fsp3) is 0.263. The molecule has 2 N–H and O–H groups in total. The van der Waals surface area contributed by atoms with Crippen LogP contribution in [0.15, 0.2) is 42.5 Å². The Labute approximate surface area is 155 Å². The molecule has 3 rings (SSSR count). The van der Waals surface area contributed by atoms with Gasteiger partial charge in [0, 0.05) is 30.2 Å². The Balaban J connectivity index is 1.70. The zero-order valence-corrected chi connectivity index (χ0v) is 14.9. The Kier molecular flexibility index (Phi) is 4.98. The van der Waals surface area contributed by atoms with Gasteiger partial charge in [0.15, 0.2) is 0 Å². The summed E-state index contributed by atoms with van der Waals surface area (Å²) in [7, 11) is 0. The van der Waals surface area contributed by atoms with E-state index in [1.54, 1.807) is 12.1 Å². The van der Waals surface area contributed by atoms with Crippen molar-refractivity contribution in [2.75, 3.05) is 11.4 Å². The number of halogens is 2. The fourth-order valence-electron chi connectivity index (χ4n) is 2.93. The van der Waals surface area contributed by atoms with Crippen LogP contribution in [0.25, 0.3) is 0 Å². The third kappa shape index (κ3) is 3.57. The quantitative estimate of drug-likeness (QED) is 0.806. The van der Waals surface area contributed by atoms with E-state index in [1.807, 2.05) is 19.1 Å². The number of nitrogens with one attached hydrogen (secondary N) is 1. The molecule has 26 heavy (non-hydrogen) atoms. The van der Waals surface area contributed by atoms with Crippen LogP contribution >= 0.6 is 11.6 Å². The van der Waals surface area contributed by atoms with Crippen molar-refractivity contribution >= 4 is 29.1 Å². The lowest BCUT2D eigenvalue weighted by Gasteiger charge is -2.22. The third-order valence-corrected chi connectivity index (χ3v) is 4.61.